The minimum Gasteiger partial charge on any atom is -0.493 e. The number of rotatable bonds is 16. The van der Waals surface area contributed by atoms with Crippen molar-refractivity contribution < 1.29 is 9.47 Å². The molecule has 490 valence electrons. The highest BCUT2D eigenvalue weighted by Crippen LogP contribution is 2.69. The maximum atomic E-state index is 7.65. The van der Waals surface area contributed by atoms with Crippen molar-refractivity contribution in [3.05, 3.63) is 372 Å². The molecular weight excluding hydrogens is 1210 g/mol. The highest BCUT2D eigenvalue weighted by Gasteiger charge is 2.54. The van der Waals surface area contributed by atoms with Gasteiger partial charge in [0.2, 0.25) is 0 Å². The van der Waals surface area contributed by atoms with Gasteiger partial charge in [-0.1, -0.05) is 296 Å². The van der Waals surface area contributed by atoms with Gasteiger partial charge in [0.05, 0.1) is 13.2 Å². The standard InChI is InChI=1S/C98H86O2/c1-7-9-11-13-15-33-55-99-97-93-85-71-43-25-17-35-63(71)81(64-36-18-26-44-72(64)85)89(93)79(90-82-65-37-19-27-45-73(65)86(94(90)97)74-46-28-20-38-66(74)82)53-51-61-57(3)59(5)62(60(6)58(61)4)52-54-80-91-83-67-39-21-29-47-75(67)87(76-48-30-22-40-68(76)83)95(91)98(100-56-34-16-14-12-10-8-2)96-88-77-49-31-23-41-69(77)84(92(80)96)70-42-24-32-50-78(70)88/h17-32,35-50,81-88H,7-16,33-34,55-56H2,1-6H3. The molecule has 12 aliphatic rings. The van der Waals surface area contributed by atoms with Crippen molar-refractivity contribution in [2.75, 3.05) is 13.2 Å². The van der Waals surface area contributed by atoms with Gasteiger partial charge in [-0.15, -0.1) is 0 Å². The molecule has 0 spiro atoms. The van der Waals surface area contributed by atoms with Crippen LogP contribution < -0.4 is 9.47 Å². The van der Waals surface area contributed by atoms with Crippen molar-refractivity contribution in [1.82, 2.24) is 0 Å². The number of benzene rings is 11. The molecule has 2 nitrogen and oxygen atoms in total. The molecule has 0 amide bonds. The summed E-state index contributed by atoms with van der Waals surface area (Å²) in [5, 5.41) is 0. The molecule has 0 fully saturated rings. The van der Waals surface area contributed by atoms with E-state index in [1.165, 1.54) is 231 Å². The summed E-state index contributed by atoms with van der Waals surface area (Å²) in [5.74, 6) is 19.1. The topological polar surface area (TPSA) is 18.5 Å². The number of hydrogen-bond donors (Lipinski definition) is 0. The lowest BCUT2D eigenvalue weighted by Gasteiger charge is -2.48. The van der Waals surface area contributed by atoms with Crippen LogP contribution in [0.25, 0.3) is 0 Å². The summed E-state index contributed by atoms with van der Waals surface area (Å²) >= 11 is 0. The Labute approximate surface area is 592 Å². The molecule has 11 aromatic rings. The highest BCUT2D eigenvalue weighted by molar-refractivity contribution is 5.85. The maximum absolute atomic E-state index is 7.65. The normalized spacial score (nSPS) is 19.5. The third kappa shape index (κ3) is 8.91. The van der Waals surface area contributed by atoms with Crippen molar-refractivity contribution in [3.63, 3.8) is 0 Å². The van der Waals surface area contributed by atoms with Gasteiger partial charge >= 0.3 is 0 Å². The quantitative estimate of drug-likeness (QED) is 0.0709. The van der Waals surface area contributed by atoms with Gasteiger partial charge in [-0.25, -0.2) is 0 Å². The lowest BCUT2D eigenvalue weighted by molar-refractivity contribution is 0.295. The third-order valence-electron chi connectivity index (χ3n) is 25.2. The molecule has 0 unspecified atom stereocenters. The van der Waals surface area contributed by atoms with Crippen LogP contribution in [0.3, 0.4) is 0 Å². The van der Waals surface area contributed by atoms with Gasteiger partial charge in [-0.3, -0.25) is 0 Å². The molecule has 0 aliphatic heterocycles. The van der Waals surface area contributed by atoms with Gasteiger partial charge in [-0.2, -0.15) is 0 Å². The van der Waals surface area contributed by atoms with Gasteiger partial charge < -0.3 is 9.47 Å². The molecule has 0 radical (unpaired) electrons. The highest BCUT2D eigenvalue weighted by atomic mass is 16.5. The van der Waals surface area contributed by atoms with Gasteiger partial charge in [0.25, 0.3) is 0 Å². The van der Waals surface area contributed by atoms with Crippen molar-refractivity contribution in [2.24, 2.45) is 0 Å². The molecule has 0 atom stereocenters. The molecule has 11 aromatic carbocycles. The molecule has 0 heterocycles. The van der Waals surface area contributed by atoms with Crippen LogP contribution in [0.2, 0.25) is 0 Å². The zero-order chi connectivity index (χ0) is 67.0. The minimum atomic E-state index is -0.000520. The fourth-order valence-corrected chi connectivity index (χ4v) is 20.7. The van der Waals surface area contributed by atoms with Crippen molar-refractivity contribution in [1.29, 1.82) is 0 Å². The van der Waals surface area contributed by atoms with Crippen LogP contribution >= 0.6 is 0 Å². The SMILES string of the molecule is CCCCCCCCOc1c2c(c(C#Cc3c(C)c(C)c(C#Cc4c5c(c(OCCCCCCCC)c6c4C4c7ccccc7C6c6ccccc64)C4c6ccccc6C5c5ccccc54)c(C)c3C)c3c1C1c4ccccc4C3c3ccccc31)C1c3ccccc3C2c2ccccc21. The predicted molar refractivity (Wildman–Crippen MR) is 407 cm³/mol. The fraction of sp³-hybridized carbons (Fsp3) is 0.286. The Bertz CT molecular complexity index is 4560. The third-order valence-corrected chi connectivity index (χ3v) is 25.2. The smallest absolute Gasteiger partial charge is 0.128 e. The zero-order valence-electron chi connectivity index (χ0n) is 58.8. The summed E-state index contributed by atoms with van der Waals surface area (Å²) in [7, 11) is 0. The average Bonchev–Trinajstić information content (AvgIpc) is 0.672. The lowest BCUT2D eigenvalue weighted by atomic mass is 9.54. The molecule has 12 aliphatic carbocycles. The van der Waals surface area contributed by atoms with E-state index in [1.54, 1.807) is 0 Å². The summed E-state index contributed by atoms with van der Waals surface area (Å²) < 4.78 is 15.3. The lowest BCUT2D eigenvalue weighted by Crippen LogP contribution is -2.34. The molecule has 8 bridgehead atoms. The van der Waals surface area contributed by atoms with E-state index in [0.717, 1.165) is 35.5 Å². The van der Waals surface area contributed by atoms with Crippen LogP contribution in [0.1, 0.15) is 316 Å². The first-order valence-corrected chi connectivity index (χ1v) is 37.9. The average molecular weight is 1300 g/mol. The number of hydrogen-bond acceptors (Lipinski definition) is 2. The Kier molecular flexibility index (Phi) is 15.0. The van der Waals surface area contributed by atoms with Crippen LogP contribution in [0, 0.1) is 51.4 Å². The second kappa shape index (κ2) is 24.5. The minimum absolute atomic E-state index is 0.000520. The summed E-state index contributed by atoms with van der Waals surface area (Å²) in [4.78, 5) is 0. The maximum Gasteiger partial charge on any atom is 0.128 e. The van der Waals surface area contributed by atoms with Crippen molar-refractivity contribution in [3.8, 4) is 35.2 Å². The Morgan fingerprint density at radius 3 is 0.590 bits per heavy atom. The summed E-state index contributed by atoms with van der Waals surface area (Å²) in [6.45, 7) is 15.3. The Balaban J connectivity index is 0.818. The van der Waals surface area contributed by atoms with E-state index in [0.29, 0.717) is 13.2 Å². The van der Waals surface area contributed by atoms with Crippen LogP contribution in [0.4, 0.5) is 0 Å². The molecule has 0 N–H and O–H groups in total. The molecule has 23 rings (SSSR count). The van der Waals surface area contributed by atoms with E-state index in [2.05, 4.69) is 259 Å². The summed E-state index contributed by atoms with van der Waals surface area (Å²) in [5.41, 5.74) is 42.5. The van der Waals surface area contributed by atoms with Crippen LogP contribution in [0.5, 0.6) is 11.5 Å². The fourth-order valence-electron chi connectivity index (χ4n) is 20.7. The van der Waals surface area contributed by atoms with Gasteiger partial charge in [0.15, 0.2) is 0 Å². The monoisotopic (exact) mass is 1290 g/mol. The largest absolute Gasteiger partial charge is 0.493 e. The Hall–Kier alpha value is -9.86. The first-order chi connectivity index (χ1) is 49.4. The van der Waals surface area contributed by atoms with Crippen LogP contribution in [0.15, 0.2) is 194 Å². The molecule has 0 saturated heterocycles. The van der Waals surface area contributed by atoms with Gasteiger partial charge in [0.1, 0.15) is 11.5 Å². The molecule has 0 aromatic heterocycles. The number of ether oxygens (including phenoxy) is 2. The first-order valence-electron chi connectivity index (χ1n) is 37.9. The van der Waals surface area contributed by atoms with E-state index in [1.807, 2.05) is 0 Å². The predicted octanol–water partition coefficient (Wildman–Crippen LogP) is 23.1. The first kappa shape index (κ1) is 61.2. The van der Waals surface area contributed by atoms with E-state index in [-0.39, 0.29) is 47.3 Å². The van der Waals surface area contributed by atoms with E-state index < -0.39 is 0 Å². The molecule has 0 saturated carbocycles. The zero-order valence-corrected chi connectivity index (χ0v) is 58.8. The van der Waals surface area contributed by atoms with Gasteiger partial charge in [0, 0.05) is 91.9 Å². The molecule has 2 heteroatoms. The Morgan fingerprint density at radius 1 is 0.220 bits per heavy atom. The van der Waals surface area contributed by atoms with Crippen LogP contribution in [-0.2, 0) is 0 Å². The van der Waals surface area contributed by atoms with Gasteiger partial charge in [-0.05, 0) is 174 Å². The summed E-state index contributed by atoms with van der Waals surface area (Å²) in [6, 6.07) is 74.6. The van der Waals surface area contributed by atoms with Crippen LogP contribution in [-0.4, -0.2) is 13.2 Å². The Morgan fingerprint density at radius 2 is 0.390 bits per heavy atom. The van der Waals surface area contributed by atoms with Crippen molar-refractivity contribution in [2.45, 2.75) is 166 Å². The molecule has 100 heavy (non-hydrogen) atoms. The summed E-state index contributed by atoms with van der Waals surface area (Å²) in [6.07, 6.45) is 14.5. The second-order valence-electron chi connectivity index (χ2n) is 30.2. The van der Waals surface area contributed by atoms with E-state index >= 15 is 0 Å². The van der Waals surface area contributed by atoms with Crippen molar-refractivity contribution >= 4 is 0 Å². The second-order valence-corrected chi connectivity index (χ2v) is 30.2. The molecular formula is C98H86O2. The van der Waals surface area contributed by atoms with E-state index in [4.69, 9.17) is 9.47 Å². The van der Waals surface area contributed by atoms with E-state index in [9.17, 15) is 0 Å². The number of unbranched alkanes of at least 4 members (excludes halogenated alkanes) is 10.